The van der Waals surface area contributed by atoms with Gasteiger partial charge < -0.3 is 20.4 Å². The molecular weight excluding hydrogens is 444 g/mol. The minimum absolute atomic E-state index is 0.196. The van der Waals surface area contributed by atoms with Crippen LogP contribution in [0.5, 0.6) is 0 Å². The number of amides is 2. The van der Waals surface area contributed by atoms with Gasteiger partial charge >= 0.3 is 12.0 Å². The number of nitrogens with zero attached hydrogens (tertiary/aromatic N) is 3. The number of ether oxygens (including phenoxy) is 1. The molecule has 0 saturated carbocycles. The summed E-state index contributed by atoms with van der Waals surface area (Å²) in [6, 6.07) is 4.40. The second-order valence-corrected chi connectivity index (χ2v) is 9.29. The van der Waals surface area contributed by atoms with E-state index in [-0.39, 0.29) is 5.41 Å². The molecule has 33 heavy (non-hydrogen) atoms. The van der Waals surface area contributed by atoms with E-state index in [1.54, 1.807) is 6.07 Å². The molecular formula is C23H31ClN6O3. The average molecular weight is 475 g/mol. The van der Waals surface area contributed by atoms with E-state index < -0.39 is 18.0 Å². The van der Waals surface area contributed by atoms with Crippen LogP contribution in [-0.2, 0) is 21.4 Å². The molecule has 0 aliphatic rings. The number of fused-ring (bicyclic) bond motifs is 1. The molecule has 2 aromatic heterocycles. The van der Waals surface area contributed by atoms with Gasteiger partial charge in [0.15, 0.2) is 11.5 Å². The van der Waals surface area contributed by atoms with Crippen molar-refractivity contribution in [2.75, 3.05) is 12.4 Å². The van der Waals surface area contributed by atoms with E-state index >= 15 is 0 Å². The molecule has 1 aromatic carbocycles. The summed E-state index contributed by atoms with van der Waals surface area (Å²) in [5.74, 6) is 0.175. The van der Waals surface area contributed by atoms with Crippen molar-refractivity contribution in [3.05, 3.63) is 34.5 Å². The number of aromatic amines is 1. The van der Waals surface area contributed by atoms with Gasteiger partial charge in [-0.1, -0.05) is 52.6 Å². The Balaban J connectivity index is 1.82. The number of hydrogen-bond acceptors (Lipinski definition) is 5. The Morgan fingerprint density at radius 2 is 1.97 bits per heavy atom. The molecule has 0 aliphatic carbocycles. The van der Waals surface area contributed by atoms with Crippen LogP contribution in [-0.4, -0.2) is 45.0 Å². The lowest BCUT2D eigenvalue weighted by Crippen LogP contribution is -2.43. The number of halogens is 1. The van der Waals surface area contributed by atoms with Gasteiger partial charge in [0.1, 0.15) is 11.1 Å². The zero-order chi connectivity index (χ0) is 24.3. The Labute approximate surface area is 198 Å². The molecule has 0 saturated heterocycles. The summed E-state index contributed by atoms with van der Waals surface area (Å²) >= 11 is 6.55. The standard InChI is InChI=1S/C23H31ClN6O3/c1-7-9-16(21(31)33-6)26-22(32)25-14-10-11-15(13(8-2)12-14)19-27-20-17(24)18(23(3,4)5)28-30(20)29-19/h10-12,16H,7-9H2,1-6H3,(H,27,29)(H2,25,26,32). The molecule has 0 bridgehead atoms. The number of carbonyl (C=O) groups excluding carboxylic acids is 2. The number of rotatable bonds is 7. The first-order valence-corrected chi connectivity index (χ1v) is 11.4. The molecule has 0 aliphatic heterocycles. The molecule has 178 valence electrons. The van der Waals surface area contributed by atoms with E-state index in [2.05, 4.69) is 25.8 Å². The number of H-pyrrole nitrogens is 1. The van der Waals surface area contributed by atoms with Crippen molar-refractivity contribution < 1.29 is 14.3 Å². The van der Waals surface area contributed by atoms with Crippen LogP contribution in [0, 0.1) is 0 Å². The first kappa shape index (κ1) is 24.6. The summed E-state index contributed by atoms with van der Waals surface area (Å²) in [6.45, 7) is 10.1. The predicted molar refractivity (Wildman–Crippen MR) is 129 cm³/mol. The van der Waals surface area contributed by atoms with Crippen LogP contribution in [0.4, 0.5) is 10.5 Å². The van der Waals surface area contributed by atoms with E-state index in [9.17, 15) is 9.59 Å². The maximum atomic E-state index is 12.4. The quantitative estimate of drug-likeness (QED) is 0.429. The Kier molecular flexibility index (Phi) is 7.31. The van der Waals surface area contributed by atoms with Crippen molar-refractivity contribution in [3.8, 4) is 11.4 Å². The van der Waals surface area contributed by atoms with Crippen LogP contribution in [0.1, 0.15) is 58.7 Å². The van der Waals surface area contributed by atoms with E-state index in [0.29, 0.717) is 28.6 Å². The van der Waals surface area contributed by atoms with Crippen molar-refractivity contribution in [1.82, 2.24) is 25.1 Å². The summed E-state index contributed by atoms with van der Waals surface area (Å²) < 4.78 is 6.29. The Morgan fingerprint density at radius 1 is 1.24 bits per heavy atom. The number of benzene rings is 1. The van der Waals surface area contributed by atoms with Crippen molar-refractivity contribution in [3.63, 3.8) is 0 Å². The first-order chi connectivity index (χ1) is 15.6. The lowest BCUT2D eigenvalue weighted by molar-refractivity contribution is -0.143. The average Bonchev–Trinajstić information content (AvgIpc) is 3.31. The largest absolute Gasteiger partial charge is 0.467 e. The van der Waals surface area contributed by atoms with Crippen LogP contribution in [0.25, 0.3) is 17.0 Å². The number of esters is 1. The van der Waals surface area contributed by atoms with Crippen LogP contribution >= 0.6 is 11.6 Å². The fourth-order valence-corrected chi connectivity index (χ4v) is 4.04. The Bertz CT molecular complexity index is 1160. The molecule has 1 atom stereocenters. The van der Waals surface area contributed by atoms with Crippen molar-refractivity contribution in [2.24, 2.45) is 0 Å². The van der Waals surface area contributed by atoms with Crippen LogP contribution in [0.2, 0.25) is 5.02 Å². The van der Waals surface area contributed by atoms with Crippen LogP contribution < -0.4 is 10.6 Å². The first-order valence-electron chi connectivity index (χ1n) is 11.0. The molecule has 3 N–H and O–H groups in total. The van der Waals surface area contributed by atoms with Gasteiger partial charge in [-0.15, -0.1) is 9.73 Å². The molecule has 3 aromatic rings. The highest BCUT2D eigenvalue weighted by Gasteiger charge is 2.25. The Hall–Kier alpha value is -3.07. The minimum atomic E-state index is -0.688. The number of nitrogens with one attached hydrogen (secondary N) is 3. The second-order valence-electron chi connectivity index (χ2n) is 8.91. The fourth-order valence-electron chi connectivity index (χ4n) is 3.60. The van der Waals surface area contributed by atoms with Gasteiger partial charge in [-0.05, 0) is 36.6 Å². The number of methoxy groups -OCH3 is 1. The van der Waals surface area contributed by atoms with Gasteiger partial charge in [0.2, 0.25) is 0 Å². The molecule has 0 fully saturated rings. The van der Waals surface area contributed by atoms with Gasteiger partial charge in [-0.2, -0.15) is 5.10 Å². The summed E-state index contributed by atoms with van der Waals surface area (Å²) in [5.41, 5.74) is 3.71. The van der Waals surface area contributed by atoms with Crippen LogP contribution in [0.3, 0.4) is 0 Å². The van der Waals surface area contributed by atoms with Gasteiger partial charge in [-0.25, -0.2) is 9.59 Å². The van der Waals surface area contributed by atoms with Crippen molar-refractivity contribution in [2.45, 2.75) is 65.3 Å². The molecule has 9 nitrogen and oxygen atoms in total. The third-order valence-electron chi connectivity index (χ3n) is 5.32. The highest BCUT2D eigenvalue weighted by molar-refractivity contribution is 6.34. The molecule has 2 heterocycles. The molecule has 0 radical (unpaired) electrons. The molecule has 10 heteroatoms. The summed E-state index contributed by atoms with van der Waals surface area (Å²) in [7, 11) is 1.31. The zero-order valence-electron chi connectivity index (χ0n) is 19.9. The van der Waals surface area contributed by atoms with Crippen molar-refractivity contribution in [1.29, 1.82) is 0 Å². The van der Waals surface area contributed by atoms with E-state index in [4.69, 9.17) is 16.3 Å². The fraction of sp³-hybridized carbons (Fsp3) is 0.478. The monoisotopic (exact) mass is 474 g/mol. The maximum absolute atomic E-state index is 12.4. The van der Waals surface area contributed by atoms with Crippen molar-refractivity contribution >= 4 is 34.9 Å². The lowest BCUT2D eigenvalue weighted by atomic mass is 9.92. The summed E-state index contributed by atoms with van der Waals surface area (Å²) in [4.78, 5) is 27.6. The van der Waals surface area contributed by atoms with E-state index in [0.717, 1.165) is 29.7 Å². The second kappa shape index (κ2) is 9.82. The molecule has 2 amide bonds. The number of hydrogen-bond donors (Lipinski definition) is 3. The number of urea groups is 1. The highest BCUT2D eigenvalue weighted by atomic mass is 35.5. The predicted octanol–water partition coefficient (Wildman–Crippen LogP) is 4.70. The topological polar surface area (TPSA) is 113 Å². The molecule has 3 rings (SSSR count). The third kappa shape index (κ3) is 5.30. The maximum Gasteiger partial charge on any atom is 0.328 e. The van der Waals surface area contributed by atoms with E-state index in [1.807, 2.05) is 46.8 Å². The number of aryl methyl sites for hydroxylation is 1. The lowest BCUT2D eigenvalue weighted by Gasteiger charge is -2.17. The van der Waals surface area contributed by atoms with Gasteiger partial charge in [-0.3, -0.25) is 0 Å². The van der Waals surface area contributed by atoms with E-state index in [1.165, 1.54) is 11.7 Å². The zero-order valence-corrected chi connectivity index (χ0v) is 20.6. The smallest absolute Gasteiger partial charge is 0.328 e. The minimum Gasteiger partial charge on any atom is -0.467 e. The molecule has 1 unspecified atom stereocenters. The van der Waals surface area contributed by atoms with Gasteiger partial charge in [0.05, 0.1) is 12.8 Å². The number of anilines is 1. The third-order valence-corrected chi connectivity index (χ3v) is 5.68. The highest BCUT2D eigenvalue weighted by Crippen LogP contribution is 2.32. The molecule has 0 spiro atoms. The number of aromatic nitrogens is 4. The number of carbonyl (C=O) groups is 2. The SMILES string of the molecule is CCCC(NC(=O)Nc1ccc(-c2nn3nc(C(C)(C)C)c(Cl)c3[nH]2)c(CC)c1)C(=O)OC. The Morgan fingerprint density at radius 3 is 2.55 bits per heavy atom. The van der Waals surface area contributed by atoms with Crippen LogP contribution in [0.15, 0.2) is 18.2 Å². The van der Waals surface area contributed by atoms with Gasteiger partial charge in [0, 0.05) is 16.7 Å². The summed E-state index contributed by atoms with van der Waals surface area (Å²) in [5, 5.41) is 15.1. The van der Waals surface area contributed by atoms with Gasteiger partial charge in [0.25, 0.3) is 0 Å². The normalized spacial score (nSPS) is 12.6. The summed E-state index contributed by atoms with van der Waals surface area (Å²) in [6.07, 6.45) is 1.96.